The monoisotopic (exact) mass is 393 g/mol. The molecule has 0 unspecified atom stereocenters. The van der Waals surface area contributed by atoms with Gasteiger partial charge in [-0.3, -0.25) is 9.59 Å². The first-order valence-electron chi connectivity index (χ1n) is 9.36. The lowest BCUT2D eigenvalue weighted by Crippen LogP contribution is -2.40. The average Bonchev–Trinajstić information content (AvgIpc) is 3.22. The number of aromatic nitrogens is 2. The van der Waals surface area contributed by atoms with Gasteiger partial charge in [0, 0.05) is 31.0 Å². The topological polar surface area (TPSA) is 75.3 Å². The van der Waals surface area contributed by atoms with E-state index in [9.17, 15) is 14.0 Å². The van der Waals surface area contributed by atoms with E-state index in [2.05, 4.69) is 9.97 Å². The molecule has 1 aliphatic rings. The highest BCUT2D eigenvalue weighted by Crippen LogP contribution is 2.30. The van der Waals surface area contributed by atoms with Crippen molar-refractivity contribution < 1.29 is 18.7 Å². The molecule has 0 spiro atoms. The Morgan fingerprint density at radius 2 is 1.86 bits per heavy atom. The van der Waals surface area contributed by atoms with Gasteiger partial charge < -0.3 is 14.6 Å². The van der Waals surface area contributed by atoms with Crippen LogP contribution in [0.15, 0.2) is 54.4 Å². The fourth-order valence-corrected chi connectivity index (χ4v) is 3.62. The molecule has 1 amide bonds. The largest absolute Gasteiger partial charge is 0.496 e. The molecular formula is C22H20FN3O3. The molecule has 3 aromatic rings. The first kappa shape index (κ1) is 18.9. The molecule has 4 rings (SSSR count). The molecule has 148 valence electrons. The zero-order valence-corrected chi connectivity index (χ0v) is 15.9. The van der Waals surface area contributed by atoms with Crippen molar-refractivity contribution in [1.29, 1.82) is 0 Å². The molecular weight excluding hydrogens is 373 g/mol. The van der Waals surface area contributed by atoms with Crippen molar-refractivity contribution >= 4 is 28.6 Å². The van der Waals surface area contributed by atoms with Crippen LogP contribution in [0, 0.1) is 0 Å². The third-order valence-electron chi connectivity index (χ3n) is 5.19. The number of halogens is 1. The Bertz CT molecular complexity index is 1090. The molecule has 1 N–H and O–H groups in total. The Hall–Kier alpha value is -3.48. The number of hydrogen-bond acceptors (Lipinski definition) is 4. The molecule has 1 saturated heterocycles. The van der Waals surface area contributed by atoms with Gasteiger partial charge in [0.25, 0.3) is 11.7 Å². The van der Waals surface area contributed by atoms with Gasteiger partial charge in [0.1, 0.15) is 17.2 Å². The molecule has 0 atom stereocenters. The summed E-state index contributed by atoms with van der Waals surface area (Å²) < 4.78 is 20.0. The van der Waals surface area contributed by atoms with E-state index in [1.165, 1.54) is 18.2 Å². The highest BCUT2D eigenvalue weighted by molar-refractivity contribution is 6.45. The molecule has 7 heteroatoms. The van der Waals surface area contributed by atoms with Crippen molar-refractivity contribution in [2.45, 2.75) is 12.8 Å². The van der Waals surface area contributed by atoms with Gasteiger partial charge in [0.2, 0.25) is 0 Å². The Kier molecular flexibility index (Phi) is 5.12. The van der Waals surface area contributed by atoms with Crippen LogP contribution in [-0.2, 0) is 4.79 Å². The third-order valence-corrected chi connectivity index (χ3v) is 5.19. The Morgan fingerprint density at radius 1 is 1.14 bits per heavy atom. The van der Waals surface area contributed by atoms with Crippen molar-refractivity contribution in [1.82, 2.24) is 14.9 Å². The number of ether oxygens (including phenoxy) is 1. The molecule has 0 saturated carbocycles. The minimum Gasteiger partial charge on any atom is -0.496 e. The summed E-state index contributed by atoms with van der Waals surface area (Å²) in [6, 6.07) is 10.5. The van der Waals surface area contributed by atoms with Crippen LogP contribution < -0.4 is 4.74 Å². The van der Waals surface area contributed by atoms with Crippen molar-refractivity contribution in [3.63, 3.8) is 0 Å². The lowest BCUT2D eigenvalue weighted by molar-refractivity contribution is -0.126. The van der Waals surface area contributed by atoms with Crippen LogP contribution in [0.25, 0.3) is 16.9 Å². The zero-order chi connectivity index (χ0) is 20.4. The number of hydrogen-bond donors (Lipinski definition) is 1. The van der Waals surface area contributed by atoms with Crippen LogP contribution in [0.4, 0.5) is 4.39 Å². The number of methoxy groups -OCH3 is 1. The number of fused-ring (bicyclic) bond motifs is 1. The molecule has 0 radical (unpaired) electrons. The molecule has 1 fully saturated rings. The maximum absolute atomic E-state index is 14.7. The number of rotatable bonds is 4. The van der Waals surface area contributed by atoms with E-state index >= 15 is 0 Å². The molecule has 29 heavy (non-hydrogen) atoms. The van der Waals surface area contributed by atoms with Gasteiger partial charge >= 0.3 is 0 Å². The van der Waals surface area contributed by atoms with Crippen molar-refractivity contribution in [2.24, 2.45) is 0 Å². The average molecular weight is 393 g/mol. The summed E-state index contributed by atoms with van der Waals surface area (Å²) in [6.45, 7) is 0.607. The van der Waals surface area contributed by atoms with Crippen LogP contribution in [0.3, 0.4) is 0 Å². The fourth-order valence-electron chi connectivity index (χ4n) is 3.62. The number of carbonyl (C=O) groups excluding carboxylic acids is 2. The molecule has 1 aliphatic heterocycles. The summed E-state index contributed by atoms with van der Waals surface area (Å²) >= 11 is 0. The molecule has 1 aromatic carbocycles. The summed E-state index contributed by atoms with van der Waals surface area (Å²) in [5.41, 5.74) is 1.92. The number of nitrogens with zero attached hydrogens (tertiary/aromatic N) is 2. The highest BCUT2D eigenvalue weighted by atomic mass is 19.1. The molecule has 2 aromatic heterocycles. The number of Topliss-reactive ketones (excluding diaryl/α,β-unsaturated/α-hetero) is 1. The Balaban J connectivity index is 1.51. The number of ketones is 1. The highest BCUT2D eigenvalue weighted by Gasteiger charge is 2.29. The van der Waals surface area contributed by atoms with Crippen LogP contribution in [0.1, 0.15) is 28.8 Å². The van der Waals surface area contributed by atoms with Gasteiger partial charge in [-0.2, -0.15) is 0 Å². The summed E-state index contributed by atoms with van der Waals surface area (Å²) in [4.78, 5) is 34.2. The standard InChI is InChI=1S/C22H20FN3O3/c1-29-17-7-10-24-21-18(17)16(13-25-21)20(27)22(28)26-11-8-15(9-12-26)19(23)14-5-3-2-4-6-14/h2-7,10,13H,8-9,11-12H2,1H3,(H,24,25). The SMILES string of the molecule is COc1ccnc2[nH]cc(C(=O)C(=O)N3CCC(=C(F)c4ccccc4)CC3)c12. The molecule has 6 nitrogen and oxygen atoms in total. The van der Waals surface area contributed by atoms with Gasteiger partial charge in [0.15, 0.2) is 0 Å². The number of aromatic amines is 1. The normalized spacial score (nSPS) is 14.1. The second-order valence-corrected chi connectivity index (χ2v) is 6.84. The van der Waals surface area contributed by atoms with E-state index in [1.54, 1.807) is 36.5 Å². The van der Waals surface area contributed by atoms with E-state index in [1.807, 2.05) is 6.07 Å². The number of likely N-dealkylation sites (tertiary alicyclic amines) is 1. The van der Waals surface area contributed by atoms with Crippen molar-refractivity contribution in [3.8, 4) is 5.75 Å². The Labute approximate surface area is 167 Å². The first-order chi connectivity index (χ1) is 14.1. The second-order valence-electron chi connectivity index (χ2n) is 6.84. The number of nitrogens with one attached hydrogen (secondary N) is 1. The maximum atomic E-state index is 14.7. The summed E-state index contributed by atoms with van der Waals surface area (Å²) in [5, 5.41) is 0.487. The van der Waals surface area contributed by atoms with E-state index in [0.717, 1.165) is 0 Å². The second kappa shape index (κ2) is 7.87. The number of carbonyl (C=O) groups is 2. The summed E-state index contributed by atoms with van der Waals surface area (Å²) in [5.74, 6) is -0.993. The predicted molar refractivity (Wildman–Crippen MR) is 107 cm³/mol. The third kappa shape index (κ3) is 3.51. The lowest BCUT2D eigenvalue weighted by atomic mass is 9.99. The minimum atomic E-state index is -0.626. The van der Waals surface area contributed by atoms with Gasteiger partial charge in [-0.15, -0.1) is 0 Å². The minimum absolute atomic E-state index is 0.228. The van der Waals surface area contributed by atoms with Crippen LogP contribution >= 0.6 is 0 Å². The molecule has 3 heterocycles. The van der Waals surface area contributed by atoms with Gasteiger partial charge in [0.05, 0.1) is 18.1 Å². The summed E-state index contributed by atoms with van der Waals surface area (Å²) in [7, 11) is 1.50. The van der Waals surface area contributed by atoms with Gasteiger partial charge in [-0.1, -0.05) is 30.3 Å². The smallest absolute Gasteiger partial charge is 0.295 e. The first-order valence-corrected chi connectivity index (χ1v) is 9.36. The summed E-state index contributed by atoms with van der Waals surface area (Å²) in [6.07, 6.45) is 3.84. The van der Waals surface area contributed by atoms with Crippen LogP contribution in [0.2, 0.25) is 0 Å². The van der Waals surface area contributed by atoms with Crippen molar-refractivity contribution in [3.05, 3.63) is 65.5 Å². The van der Waals surface area contributed by atoms with E-state index < -0.39 is 11.7 Å². The lowest BCUT2D eigenvalue weighted by Gasteiger charge is -2.28. The van der Waals surface area contributed by atoms with Crippen molar-refractivity contribution in [2.75, 3.05) is 20.2 Å². The number of pyridine rings is 1. The maximum Gasteiger partial charge on any atom is 0.295 e. The Morgan fingerprint density at radius 3 is 2.55 bits per heavy atom. The molecule has 0 bridgehead atoms. The van der Waals surface area contributed by atoms with E-state index in [-0.39, 0.29) is 11.4 Å². The zero-order valence-electron chi connectivity index (χ0n) is 15.9. The number of benzene rings is 1. The van der Waals surface area contributed by atoms with Gasteiger partial charge in [-0.05, 0) is 24.5 Å². The van der Waals surface area contributed by atoms with Crippen LogP contribution in [-0.4, -0.2) is 46.8 Å². The molecule has 0 aliphatic carbocycles. The number of amides is 1. The quantitative estimate of drug-likeness (QED) is 0.541. The predicted octanol–water partition coefficient (Wildman–Crippen LogP) is 3.76. The fraction of sp³-hybridized carbons (Fsp3) is 0.227. The van der Waals surface area contributed by atoms with E-state index in [4.69, 9.17) is 4.74 Å². The number of piperidine rings is 1. The number of H-pyrrole nitrogens is 1. The van der Waals surface area contributed by atoms with Crippen LogP contribution in [0.5, 0.6) is 5.75 Å². The van der Waals surface area contributed by atoms with Gasteiger partial charge in [-0.25, -0.2) is 9.37 Å². The van der Waals surface area contributed by atoms with E-state index in [0.29, 0.717) is 53.9 Å².